The predicted octanol–water partition coefficient (Wildman–Crippen LogP) is 3.27. The van der Waals surface area contributed by atoms with Crippen molar-refractivity contribution in [1.82, 2.24) is 25.2 Å². The summed E-state index contributed by atoms with van der Waals surface area (Å²) < 4.78 is 0. The lowest BCUT2D eigenvalue weighted by atomic mass is 9.96. The second-order valence-electron chi connectivity index (χ2n) is 8.51. The van der Waals surface area contributed by atoms with Crippen LogP contribution in [0.5, 0.6) is 0 Å². The van der Waals surface area contributed by atoms with Crippen LogP contribution in [0.25, 0.3) is 11.3 Å². The first kappa shape index (κ1) is 21.1. The van der Waals surface area contributed by atoms with Gasteiger partial charge in [0.15, 0.2) is 0 Å². The van der Waals surface area contributed by atoms with Gasteiger partial charge >= 0.3 is 0 Å². The number of nitrogens with zero attached hydrogens (tertiary/aromatic N) is 4. The van der Waals surface area contributed by atoms with Crippen LogP contribution in [-0.4, -0.2) is 50.8 Å². The molecule has 3 aromatic rings. The zero-order valence-electron chi connectivity index (χ0n) is 18.3. The number of pyridine rings is 1. The van der Waals surface area contributed by atoms with E-state index in [-0.39, 0.29) is 17.7 Å². The second-order valence-corrected chi connectivity index (χ2v) is 8.51. The predicted molar refractivity (Wildman–Crippen MR) is 125 cm³/mol. The van der Waals surface area contributed by atoms with E-state index in [0.717, 1.165) is 29.8 Å². The summed E-state index contributed by atoms with van der Waals surface area (Å²) in [5.41, 5.74) is 2.64. The van der Waals surface area contributed by atoms with Gasteiger partial charge in [-0.3, -0.25) is 14.6 Å². The maximum absolute atomic E-state index is 13.0. The first-order chi connectivity index (χ1) is 16.2. The van der Waals surface area contributed by atoms with Crippen LogP contribution in [0.1, 0.15) is 37.4 Å². The minimum atomic E-state index is -0.408. The Morgan fingerprint density at radius 2 is 1.97 bits per heavy atom. The quantitative estimate of drug-likeness (QED) is 0.629. The molecule has 2 N–H and O–H groups in total. The van der Waals surface area contributed by atoms with Crippen LogP contribution in [0.2, 0.25) is 0 Å². The van der Waals surface area contributed by atoms with Crippen LogP contribution < -0.4 is 10.6 Å². The molecule has 8 heteroatoms. The van der Waals surface area contributed by atoms with Gasteiger partial charge in [-0.15, -0.1) is 0 Å². The fraction of sp³-hybridized carbons (Fsp3) is 0.320. The van der Waals surface area contributed by atoms with E-state index in [1.54, 1.807) is 12.4 Å². The average molecular weight is 443 g/mol. The van der Waals surface area contributed by atoms with E-state index >= 15 is 0 Å². The summed E-state index contributed by atoms with van der Waals surface area (Å²) >= 11 is 0. The third-order valence-electron chi connectivity index (χ3n) is 6.14. The zero-order valence-corrected chi connectivity index (χ0v) is 18.3. The van der Waals surface area contributed by atoms with Gasteiger partial charge < -0.3 is 15.5 Å². The molecule has 0 bridgehead atoms. The normalized spacial score (nSPS) is 20.4. The number of aromatic nitrogens is 3. The van der Waals surface area contributed by atoms with Gasteiger partial charge in [0.25, 0.3) is 0 Å². The fourth-order valence-corrected chi connectivity index (χ4v) is 4.45. The molecule has 5 rings (SSSR count). The van der Waals surface area contributed by atoms with Gasteiger partial charge in [0.2, 0.25) is 11.8 Å². The maximum Gasteiger partial charge on any atom is 0.245 e. The number of carbonyl (C=O) groups is 2. The summed E-state index contributed by atoms with van der Waals surface area (Å²) in [6.45, 7) is 1.24. The van der Waals surface area contributed by atoms with Crippen LogP contribution in [0, 0.1) is 0 Å². The van der Waals surface area contributed by atoms with Crippen molar-refractivity contribution in [2.75, 3.05) is 18.4 Å². The lowest BCUT2D eigenvalue weighted by molar-refractivity contribution is -0.135. The first-order valence-corrected chi connectivity index (χ1v) is 11.4. The van der Waals surface area contributed by atoms with Gasteiger partial charge in [-0.2, -0.15) is 0 Å². The summed E-state index contributed by atoms with van der Waals surface area (Å²) in [7, 11) is 0. The lowest BCUT2D eigenvalue weighted by Gasteiger charge is -2.33. The van der Waals surface area contributed by atoms with Gasteiger partial charge in [-0.1, -0.05) is 18.2 Å². The number of nitrogens with one attached hydrogen (secondary N) is 2. The Bertz CT molecular complexity index is 1140. The Hall–Kier alpha value is -3.81. The molecule has 8 nitrogen and oxygen atoms in total. The molecule has 33 heavy (non-hydrogen) atoms. The number of hydrogen-bond acceptors (Lipinski definition) is 6. The monoisotopic (exact) mass is 442 g/mol. The number of likely N-dealkylation sites (tertiary alicyclic amines) is 1. The minimum Gasteiger partial charge on any atom is -0.344 e. The van der Waals surface area contributed by atoms with Crippen molar-refractivity contribution in [3.8, 4) is 11.3 Å². The summed E-state index contributed by atoms with van der Waals surface area (Å²) in [4.78, 5) is 40.3. The molecule has 2 aliphatic heterocycles. The van der Waals surface area contributed by atoms with Crippen LogP contribution in [0.4, 0.5) is 11.5 Å². The van der Waals surface area contributed by atoms with Gasteiger partial charge in [0, 0.05) is 55.1 Å². The number of anilines is 2. The average Bonchev–Trinajstić information content (AvgIpc) is 3.31. The number of amides is 2. The highest BCUT2D eigenvalue weighted by atomic mass is 16.2. The van der Waals surface area contributed by atoms with E-state index < -0.39 is 6.04 Å². The number of piperidine rings is 1. The molecule has 0 saturated carbocycles. The fourth-order valence-electron chi connectivity index (χ4n) is 4.45. The van der Waals surface area contributed by atoms with Crippen LogP contribution >= 0.6 is 0 Å². The van der Waals surface area contributed by atoms with Crippen molar-refractivity contribution in [1.29, 1.82) is 0 Å². The molecule has 2 fully saturated rings. The molecular formula is C25H26N6O2. The molecule has 4 heterocycles. The zero-order chi connectivity index (χ0) is 22.6. The molecular weight excluding hydrogens is 416 g/mol. The number of para-hydroxylation sites is 1. The lowest BCUT2D eigenvalue weighted by Crippen LogP contribution is -2.48. The van der Waals surface area contributed by atoms with Crippen LogP contribution in [0.3, 0.4) is 0 Å². The first-order valence-electron chi connectivity index (χ1n) is 11.4. The molecule has 0 aliphatic carbocycles. The molecule has 0 spiro atoms. The summed E-state index contributed by atoms with van der Waals surface area (Å²) in [5.74, 6) is 1.38. The summed E-state index contributed by atoms with van der Waals surface area (Å²) in [5, 5.41) is 6.17. The Balaban J connectivity index is 1.42. The number of benzene rings is 1. The maximum atomic E-state index is 13.0. The van der Waals surface area contributed by atoms with E-state index in [1.165, 1.54) is 0 Å². The number of rotatable bonds is 5. The molecule has 2 saturated heterocycles. The molecule has 0 radical (unpaired) electrons. The molecule has 2 atom stereocenters. The smallest absolute Gasteiger partial charge is 0.245 e. The van der Waals surface area contributed by atoms with Crippen molar-refractivity contribution >= 4 is 23.3 Å². The van der Waals surface area contributed by atoms with E-state index in [1.807, 2.05) is 53.4 Å². The van der Waals surface area contributed by atoms with Gasteiger partial charge in [-0.25, -0.2) is 9.97 Å². The Labute approximate surface area is 192 Å². The highest BCUT2D eigenvalue weighted by molar-refractivity contribution is 5.90. The minimum absolute atomic E-state index is 0.00315. The van der Waals surface area contributed by atoms with Gasteiger partial charge in [0.05, 0.1) is 5.69 Å². The van der Waals surface area contributed by atoms with Crippen molar-refractivity contribution in [3.05, 3.63) is 66.7 Å². The van der Waals surface area contributed by atoms with Gasteiger partial charge in [0.1, 0.15) is 17.7 Å². The highest BCUT2D eigenvalue weighted by Gasteiger charge is 2.34. The molecule has 0 unspecified atom stereocenters. The van der Waals surface area contributed by atoms with Crippen LogP contribution in [0.15, 0.2) is 60.9 Å². The highest BCUT2D eigenvalue weighted by Crippen LogP contribution is 2.29. The number of carbonyl (C=O) groups excluding carboxylic acids is 2. The van der Waals surface area contributed by atoms with Crippen molar-refractivity contribution in [3.63, 3.8) is 0 Å². The van der Waals surface area contributed by atoms with Crippen molar-refractivity contribution < 1.29 is 9.59 Å². The third-order valence-corrected chi connectivity index (χ3v) is 6.14. The topological polar surface area (TPSA) is 100 Å². The van der Waals surface area contributed by atoms with Crippen molar-refractivity contribution in [2.45, 2.75) is 37.6 Å². The second kappa shape index (κ2) is 9.36. The van der Waals surface area contributed by atoms with E-state index in [2.05, 4.69) is 15.6 Å². The Morgan fingerprint density at radius 1 is 1.09 bits per heavy atom. The molecule has 168 valence electrons. The Morgan fingerprint density at radius 3 is 2.73 bits per heavy atom. The molecule has 2 amide bonds. The number of hydrogen-bond donors (Lipinski definition) is 2. The van der Waals surface area contributed by atoms with Crippen molar-refractivity contribution in [2.24, 2.45) is 0 Å². The molecule has 1 aromatic carbocycles. The van der Waals surface area contributed by atoms with E-state index in [4.69, 9.17) is 9.97 Å². The Kier molecular flexibility index (Phi) is 5.97. The standard InChI is InChI=1S/C25H26N6O2/c32-23-11-10-20(28-23)25(33)31-13-5-7-18(16-31)24-29-21(17-6-4-12-26-15-17)14-22(30-24)27-19-8-2-1-3-9-19/h1-4,6,8-9,12,14-15,18,20H,5,7,10-11,13,16H2,(H,28,32)(H,27,29,30)/t18-,20+/m1/s1. The largest absolute Gasteiger partial charge is 0.344 e. The SMILES string of the molecule is O=C1CC[C@@H](C(=O)N2CCC[C@@H](c3nc(Nc4ccccc4)cc(-c4cccnc4)n3)C2)N1. The summed E-state index contributed by atoms with van der Waals surface area (Å²) in [6.07, 6.45) is 6.29. The molecule has 2 aliphatic rings. The van der Waals surface area contributed by atoms with Gasteiger partial charge in [-0.05, 0) is 43.5 Å². The third kappa shape index (κ3) is 4.84. The van der Waals surface area contributed by atoms with E-state index in [0.29, 0.717) is 37.6 Å². The van der Waals surface area contributed by atoms with E-state index in [9.17, 15) is 9.59 Å². The molecule has 2 aromatic heterocycles. The van der Waals surface area contributed by atoms with Crippen LogP contribution in [-0.2, 0) is 9.59 Å². The summed E-state index contributed by atoms with van der Waals surface area (Å²) in [6, 6.07) is 15.3.